The van der Waals surface area contributed by atoms with Crippen molar-refractivity contribution in [3.63, 3.8) is 0 Å². The molecule has 0 spiro atoms. The maximum Gasteiger partial charge on any atom is 0.326 e. The number of para-hydroxylation sites is 1. The number of aliphatic carboxylic acids is 1. The molecule has 0 saturated carbocycles. The van der Waals surface area contributed by atoms with Gasteiger partial charge in [-0.2, -0.15) is 0 Å². The summed E-state index contributed by atoms with van der Waals surface area (Å²) in [5.41, 5.74) is 1.89. The maximum absolute atomic E-state index is 13.2. The van der Waals surface area contributed by atoms with Crippen LogP contribution in [-0.4, -0.2) is 38.0 Å². The van der Waals surface area contributed by atoms with Gasteiger partial charge in [-0.3, -0.25) is 9.10 Å². The molecule has 0 aliphatic carbocycles. The first kappa shape index (κ1) is 21.8. The van der Waals surface area contributed by atoms with Gasteiger partial charge in [-0.05, 0) is 61.1 Å². The molecule has 2 aromatic rings. The van der Waals surface area contributed by atoms with Gasteiger partial charge >= 0.3 is 5.97 Å². The number of benzene rings is 2. The number of nitrogens with zero attached hydrogens (tertiary/aromatic N) is 1. The lowest BCUT2D eigenvalue weighted by Crippen LogP contribution is -2.41. The Labute approximate surface area is 176 Å². The van der Waals surface area contributed by atoms with Crippen molar-refractivity contribution in [1.29, 1.82) is 0 Å². The Morgan fingerprint density at radius 1 is 1.10 bits per heavy atom. The van der Waals surface area contributed by atoms with Crippen LogP contribution in [0.1, 0.15) is 42.6 Å². The summed E-state index contributed by atoms with van der Waals surface area (Å²) >= 11 is 0. The number of sulfonamides is 1. The number of carboxylic acid groups (broad SMARTS) is 1. The van der Waals surface area contributed by atoms with Gasteiger partial charge in [0.25, 0.3) is 15.9 Å². The lowest BCUT2D eigenvalue weighted by atomic mass is 10.0. The first-order valence-corrected chi connectivity index (χ1v) is 11.4. The monoisotopic (exact) mass is 430 g/mol. The van der Waals surface area contributed by atoms with E-state index in [2.05, 4.69) is 5.32 Å². The first-order valence-electron chi connectivity index (χ1n) is 9.94. The van der Waals surface area contributed by atoms with Crippen molar-refractivity contribution < 1.29 is 23.1 Å². The molecule has 1 amide bonds. The summed E-state index contributed by atoms with van der Waals surface area (Å²) in [7, 11) is -3.76. The molecule has 7 nitrogen and oxygen atoms in total. The van der Waals surface area contributed by atoms with Gasteiger partial charge in [-0.15, -0.1) is 0 Å². The molecule has 0 bridgehead atoms. The van der Waals surface area contributed by atoms with Crippen molar-refractivity contribution in [2.75, 3.05) is 10.8 Å². The van der Waals surface area contributed by atoms with Crippen LogP contribution in [0.15, 0.2) is 53.4 Å². The van der Waals surface area contributed by atoms with Crippen LogP contribution in [0.5, 0.6) is 0 Å². The van der Waals surface area contributed by atoms with Crippen LogP contribution in [0.2, 0.25) is 0 Å². The van der Waals surface area contributed by atoms with Crippen molar-refractivity contribution in [2.24, 2.45) is 5.92 Å². The molecule has 0 saturated heterocycles. The van der Waals surface area contributed by atoms with Gasteiger partial charge in [0.2, 0.25) is 0 Å². The normalized spacial score (nSPS) is 14.8. The number of carbonyl (C=O) groups excluding carboxylic acids is 1. The third-order valence-electron chi connectivity index (χ3n) is 5.08. The number of carbonyl (C=O) groups is 2. The van der Waals surface area contributed by atoms with Gasteiger partial charge in [-0.1, -0.05) is 32.0 Å². The summed E-state index contributed by atoms with van der Waals surface area (Å²) in [6.45, 7) is 4.15. The van der Waals surface area contributed by atoms with Gasteiger partial charge in [0.15, 0.2) is 0 Å². The Hall–Kier alpha value is -2.87. The van der Waals surface area contributed by atoms with E-state index in [-0.39, 0.29) is 16.4 Å². The quantitative estimate of drug-likeness (QED) is 0.703. The zero-order chi connectivity index (χ0) is 21.9. The van der Waals surface area contributed by atoms with Crippen molar-refractivity contribution in [3.05, 3.63) is 59.7 Å². The minimum absolute atomic E-state index is 0.0905. The number of aryl methyl sites for hydroxylation is 1. The topological polar surface area (TPSA) is 104 Å². The molecule has 1 heterocycles. The molecule has 8 heteroatoms. The molecule has 1 atom stereocenters. The van der Waals surface area contributed by atoms with Crippen molar-refractivity contribution >= 4 is 27.6 Å². The molecule has 0 unspecified atom stereocenters. The van der Waals surface area contributed by atoms with Gasteiger partial charge in [0.05, 0.1) is 10.6 Å². The number of fused-ring (bicyclic) bond motifs is 1. The van der Waals surface area contributed by atoms with E-state index in [1.807, 2.05) is 32.0 Å². The molecular weight excluding hydrogens is 404 g/mol. The molecule has 1 aliphatic rings. The summed E-state index contributed by atoms with van der Waals surface area (Å²) in [5.74, 6) is -1.54. The SMILES string of the molecule is CC(C)C[C@@H](NC(=O)c1ccc(S(=O)(=O)N2CCCc3ccccc32)cc1)C(=O)O. The zero-order valence-electron chi connectivity index (χ0n) is 17.0. The lowest BCUT2D eigenvalue weighted by molar-refractivity contribution is -0.139. The molecule has 3 rings (SSSR count). The predicted molar refractivity (Wildman–Crippen MR) is 114 cm³/mol. The van der Waals surface area contributed by atoms with Crippen LogP contribution in [0.3, 0.4) is 0 Å². The van der Waals surface area contributed by atoms with E-state index in [0.717, 1.165) is 18.4 Å². The van der Waals surface area contributed by atoms with Gasteiger partial charge in [0.1, 0.15) is 6.04 Å². The smallest absolute Gasteiger partial charge is 0.326 e. The molecule has 2 N–H and O–H groups in total. The van der Waals surface area contributed by atoms with Crippen LogP contribution < -0.4 is 9.62 Å². The second kappa shape index (κ2) is 8.87. The average molecular weight is 431 g/mol. The molecular formula is C22H26N2O5S. The number of hydrogen-bond acceptors (Lipinski definition) is 4. The number of rotatable bonds is 7. The third-order valence-corrected chi connectivity index (χ3v) is 6.91. The summed E-state index contributed by atoms with van der Waals surface area (Å²) in [6, 6.07) is 12.0. The van der Waals surface area contributed by atoms with E-state index >= 15 is 0 Å². The molecule has 0 fully saturated rings. The Morgan fingerprint density at radius 2 is 1.77 bits per heavy atom. The van der Waals surface area contributed by atoms with Crippen molar-refractivity contribution in [1.82, 2.24) is 5.32 Å². The van der Waals surface area contributed by atoms with E-state index in [4.69, 9.17) is 0 Å². The van der Waals surface area contributed by atoms with Crippen LogP contribution in [0.4, 0.5) is 5.69 Å². The van der Waals surface area contributed by atoms with Crippen LogP contribution in [0, 0.1) is 5.92 Å². The van der Waals surface area contributed by atoms with Crippen molar-refractivity contribution in [2.45, 2.75) is 44.0 Å². The Bertz CT molecular complexity index is 1030. The molecule has 2 aromatic carbocycles. The van der Waals surface area contributed by atoms with Gasteiger partial charge < -0.3 is 10.4 Å². The predicted octanol–water partition coefficient (Wildman–Crippen LogP) is 3.06. The Kier molecular flexibility index (Phi) is 6.45. The minimum Gasteiger partial charge on any atom is -0.480 e. The molecule has 1 aliphatic heterocycles. The number of amides is 1. The summed E-state index contributed by atoms with van der Waals surface area (Å²) in [5, 5.41) is 11.8. The Morgan fingerprint density at radius 3 is 2.40 bits per heavy atom. The van der Waals surface area contributed by atoms with Gasteiger partial charge in [0, 0.05) is 12.1 Å². The highest BCUT2D eigenvalue weighted by Gasteiger charge is 2.29. The van der Waals surface area contributed by atoms with Crippen LogP contribution in [-0.2, 0) is 21.2 Å². The molecule has 160 valence electrons. The number of nitrogens with one attached hydrogen (secondary N) is 1. The number of hydrogen-bond donors (Lipinski definition) is 2. The zero-order valence-corrected chi connectivity index (χ0v) is 17.9. The summed E-state index contributed by atoms with van der Waals surface area (Å²) < 4.78 is 27.7. The maximum atomic E-state index is 13.2. The first-order chi connectivity index (χ1) is 14.2. The minimum atomic E-state index is -3.76. The van der Waals surface area contributed by atoms with Crippen LogP contribution >= 0.6 is 0 Å². The van der Waals surface area contributed by atoms with Crippen LogP contribution in [0.25, 0.3) is 0 Å². The number of anilines is 1. The highest BCUT2D eigenvalue weighted by Crippen LogP contribution is 2.31. The van der Waals surface area contributed by atoms with Crippen molar-refractivity contribution in [3.8, 4) is 0 Å². The summed E-state index contributed by atoms with van der Waals surface area (Å²) in [4.78, 5) is 23.9. The number of carboxylic acids is 1. The standard InChI is InChI=1S/C22H26N2O5S/c1-15(2)14-19(22(26)27)23-21(25)17-9-11-18(12-10-17)30(28,29)24-13-5-7-16-6-3-4-8-20(16)24/h3-4,6,8-12,15,19H,5,7,13-14H2,1-2H3,(H,23,25)(H,26,27)/t19-/m1/s1. The highest BCUT2D eigenvalue weighted by atomic mass is 32.2. The Balaban J connectivity index is 1.80. The van der Waals surface area contributed by atoms with E-state index in [9.17, 15) is 23.1 Å². The van der Waals surface area contributed by atoms with E-state index in [1.165, 1.54) is 28.6 Å². The van der Waals surface area contributed by atoms with E-state index in [0.29, 0.717) is 18.7 Å². The molecule has 0 aromatic heterocycles. The second-order valence-corrected chi connectivity index (χ2v) is 9.69. The fourth-order valence-electron chi connectivity index (χ4n) is 3.59. The summed E-state index contributed by atoms with van der Waals surface area (Å²) in [6.07, 6.45) is 1.88. The lowest BCUT2D eigenvalue weighted by Gasteiger charge is -2.30. The fraction of sp³-hybridized carbons (Fsp3) is 0.364. The van der Waals surface area contributed by atoms with E-state index in [1.54, 1.807) is 6.07 Å². The third kappa shape index (κ3) is 4.64. The van der Waals surface area contributed by atoms with Gasteiger partial charge in [-0.25, -0.2) is 13.2 Å². The average Bonchev–Trinajstić information content (AvgIpc) is 2.72. The molecule has 30 heavy (non-hydrogen) atoms. The molecule has 0 radical (unpaired) electrons. The largest absolute Gasteiger partial charge is 0.480 e. The fourth-order valence-corrected chi connectivity index (χ4v) is 5.13. The second-order valence-electron chi connectivity index (χ2n) is 7.83. The highest BCUT2D eigenvalue weighted by molar-refractivity contribution is 7.92. The van der Waals surface area contributed by atoms with E-state index < -0.39 is 27.9 Å².